The first-order valence-corrected chi connectivity index (χ1v) is 4.63. The molecule has 0 amide bonds. The summed E-state index contributed by atoms with van der Waals surface area (Å²) in [5.74, 6) is 0. The molecule has 3 nitrogen and oxygen atoms in total. The van der Waals surface area contributed by atoms with Gasteiger partial charge in [0.25, 0.3) is 0 Å². The lowest BCUT2D eigenvalue weighted by atomic mass is 9.91. The van der Waals surface area contributed by atoms with E-state index in [9.17, 15) is 0 Å². The van der Waals surface area contributed by atoms with E-state index in [-0.39, 0.29) is 18.8 Å². The SMILES string of the molecule is CC(N)(CCCO)CCCCO. The molecule has 4 N–H and O–H groups in total. The van der Waals surface area contributed by atoms with Gasteiger partial charge in [-0.1, -0.05) is 0 Å². The van der Waals surface area contributed by atoms with Gasteiger partial charge in [-0.3, -0.25) is 0 Å². The molecule has 1 unspecified atom stereocenters. The van der Waals surface area contributed by atoms with Crippen molar-refractivity contribution in [1.82, 2.24) is 0 Å². The third kappa shape index (κ3) is 6.58. The number of nitrogens with two attached hydrogens (primary N) is 1. The fourth-order valence-electron chi connectivity index (χ4n) is 1.25. The lowest BCUT2D eigenvalue weighted by Crippen LogP contribution is -2.36. The second-order valence-electron chi connectivity index (χ2n) is 3.66. The third-order valence-corrected chi connectivity index (χ3v) is 2.06. The number of aliphatic hydroxyl groups is 2. The number of hydrogen-bond donors (Lipinski definition) is 3. The summed E-state index contributed by atoms with van der Waals surface area (Å²) in [6.45, 7) is 2.46. The smallest absolute Gasteiger partial charge is 0.0431 e. The first kappa shape index (κ1) is 11.9. The Morgan fingerprint density at radius 2 is 1.50 bits per heavy atom. The molecular formula is C9H21NO2. The topological polar surface area (TPSA) is 66.5 Å². The van der Waals surface area contributed by atoms with Crippen molar-refractivity contribution >= 4 is 0 Å². The number of aliphatic hydroxyl groups excluding tert-OH is 2. The summed E-state index contributed by atoms with van der Waals surface area (Å²) in [5.41, 5.74) is 5.78. The monoisotopic (exact) mass is 175 g/mol. The zero-order chi connectivity index (χ0) is 9.45. The van der Waals surface area contributed by atoms with Crippen LogP contribution in [0.1, 0.15) is 39.0 Å². The normalized spacial score (nSPS) is 16.0. The van der Waals surface area contributed by atoms with E-state index in [4.69, 9.17) is 15.9 Å². The van der Waals surface area contributed by atoms with Gasteiger partial charge in [-0.15, -0.1) is 0 Å². The molecule has 0 aromatic rings. The van der Waals surface area contributed by atoms with Gasteiger partial charge in [0.1, 0.15) is 0 Å². The number of rotatable bonds is 7. The van der Waals surface area contributed by atoms with Crippen LogP contribution in [-0.2, 0) is 0 Å². The van der Waals surface area contributed by atoms with Crippen LogP contribution < -0.4 is 5.73 Å². The van der Waals surface area contributed by atoms with Crippen LogP contribution in [0.3, 0.4) is 0 Å². The van der Waals surface area contributed by atoms with Gasteiger partial charge in [-0.2, -0.15) is 0 Å². The molecule has 1 atom stereocenters. The summed E-state index contributed by atoms with van der Waals surface area (Å²) in [6, 6.07) is 0. The van der Waals surface area contributed by atoms with Crippen LogP contribution in [-0.4, -0.2) is 29.0 Å². The van der Waals surface area contributed by atoms with E-state index in [0.29, 0.717) is 0 Å². The highest BCUT2D eigenvalue weighted by atomic mass is 16.3. The van der Waals surface area contributed by atoms with Crippen LogP contribution >= 0.6 is 0 Å². The fraction of sp³-hybridized carbons (Fsp3) is 1.00. The van der Waals surface area contributed by atoms with Gasteiger partial charge in [0.2, 0.25) is 0 Å². The minimum absolute atomic E-state index is 0.169. The van der Waals surface area contributed by atoms with Crippen LogP contribution in [0.25, 0.3) is 0 Å². The van der Waals surface area contributed by atoms with Gasteiger partial charge >= 0.3 is 0 Å². The van der Waals surface area contributed by atoms with Crippen molar-refractivity contribution in [2.75, 3.05) is 13.2 Å². The van der Waals surface area contributed by atoms with Crippen LogP contribution in [0.4, 0.5) is 0 Å². The molecule has 74 valence electrons. The molecule has 0 aliphatic heterocycles. The molecule has 0 rings (SSSR count). The van der Waals surface area contributed by atoms with Crippen molar-refractivity contribution in [1.29, 1.82) is 0 Å². The second-order valence-corrected chi connectivity index (χ2v) is 3.66. The van der Waals surface area contributed by atoms with Gasteiger partial charge in [0.05, 0.1) is 0 Å². The molecule has 0 bridgehead atoms. The zero-order valence-electron chi connectivity index (χ0n) is 7.92. The van der Waals surface area contributed by atoms with Gasteiger partial charge in [-0.25, -0.2) is 0 Å². The minimum Gasteiger partial charge on any atom is -0.396 e. The van der Waals surface area contributed by atoms with Crippen LogP contribution in [0.5, 0.6) is 0 Å². The molecule has 0 saturated heterocycles. The van der Waals surface area contributed by atoms with Crippen molar-refractivity contribution < 1.29 is 10.2 Å². The highest BCUT2D eigenvalue weighted by Crippen LogP contribution is 2.16. The average molecular weight is 175 g/mol. The Hall–Kier alpha value is -0.120. The van der Waals surface area contributed by atoms with E-state index >= 15 is 0 Å². The Morgan fingerprint density at radius 3 is 2.00 bits per heavy atom. The highest BCUT2D eigenvalue weighted by molar-refractivity contribution is 4.77. The quantitative estimate of drug-likeness (QED) is 0.497. The molecule has 0 aliphatic rings. The lowest BCUT2D eigenvalue weighted by Gasteiger charge is -2.23. The molecule has 3 heteroatoms. The van der Waals surface area contributed by atoms with Crippen LogP contribution in [0.2, 0.25) is 0 Å². The average Bonchev–Trinajstić information content (AvgIpc) is 2.01. The van der Waals surface area contributed by atoms with Gasteiger partial charge < -0.3 is 15.9 Å². The maximum Gasteiger partial charge on any atom is 0.0431 e. The second kappa shape index (κ2) is 6.40. The first-order valence-electron chi connectivity index (χ1n) is 4.63. The third-order valence-electron chi connectivity index (χ3n) is 2.06. The number of hydrogen-bond acceptors (Lipinski definition) is 3. The standard InChI is InChI=1S/C9H21NO2/c1-9(10,6-4-8-12)5-2-3-7-11/h11-12H,2-8,10H2,1H3. The molecule has 0 radical (unpaired) electrons. The lowest BCUT2D eigenvalue weighted by molar-refractivity contribution is 0.250. The summed E-state index contributed by atoms with van der Waals surface area (Å²) in [7, 11) is 0. The van der Waals surface area contributed by atoms with E-state index in [1.807, 2.05) is 6.92 Å². The van der Waals surface area contributed by atoms with Gasteiger partial charge in [0.15, 0.2) is 0 Å². The minimum atomic E-state index is -0.169. The van der Waals surface area contributed by atoms with Crippen molar-refractivity contribution in [3.63, 3.8) is 0 Å². The summed E-state index contributed by atoms with van der Waals surface area (Å²) >= 11 is 0. The largest absolute Gasteiger partial charge is 0.396 e. The first-order chi connectivity index (χ1) is 5.62. The molecule has 0 aromatic carbocycles. The van der Waals surface area contributed by atoms with E-state index < -0.39 is 0 Å². The van der Waals surface area contributed by atoms with Crippen molar-refractivity contribution in [3.05, 3.63) is 0 Å². The van der Waals surface area contributed by atoms with Gasteiger partial charge in [0, 0.05) is 18.8 Å². The fourth-order valence-corrected chi connectivity index (χ4v) is 1.25. The van der Waals surface area contributed by atoms with Crippen LogP contribution in [0.15, 0.2) is 0 Å². The van der Waals surface area contributed by atoms with Crippen molar-refractivity contribution in [2.24, 2.45) is 5.73 Å². The van der Waals surface area contributed by atoms with Crippen molar-refractivity contribution in [3.8, 4) is 0 Å². The molecule has 0 spiro atoms. The summed E-state index contributed by atoms with van der Waals surface area (Å²) < 4.78 is 0. The van der Waals surface area contributed by atoms with E-state index in [1.54, 1.807) is 0 Å². The van der Waals surface area contributed by atoms with E-state index in [2.05, 4.69) is 0 Å². The molecule has 12 heavy (non-hydrogen) atoms. The predicted molar refractivity (Wildman–Crippen MR) is 49.8 cm³/mol. The Bertz CT molecular complexity index is 105. The molecule has 0 heterocycles. The summed E-state index contributed by atoms with van der Waals surface area (Å²) in [4.78, 5) is 0. The maximum atomic E-state index is 8.61. The molecule has 0 aromatic heterocycles. The van der Waals surface area contributed by atoms with Crippen molar-refractivity contribution in [2.45, 2.75) is 44.6 Å². The van der Waals surface area contributed by atoms with Crippen LogP contribution in [0, 0.1) is 0 Å². The van der Waals surface area contributed by atoms with E-state index in [0.717, 1.165) is 32.1 Å². The summed E-state index contributed by atoms with van der Waals surface area (Å²) in [6.07, 6.45) is 4.34. The molecular weight excluding hydrogens is 154 g/mol. The maximum absolute atomic E-state index is 8.61. The summed E-state index contributed by atoms with van der Waals surface area (Å²) in [5, 5.41) is 17.2. The van der Waals surface area contributed by atoms with E-state index in [1.165, 1.54) is 0 Å². The Kier molecular flexibility index (Phi) is 6.34. The number of unbranched alkanes of at least 4 members (excludes halogenated alkanes) is 1. The van der Waals surface area contributed by atoms with Gasteiger partial charge in [-0.05, 0) is 39.0 Å². The molecule has 0 saturated carbocycles. The Morgan fingerprint density at radius 1 is 1.00 bits per heavy atom. The highest BCUT2D eigenvalue weighted by Gasteiger charge is 2.16. The zero-order valence-corrected chi connectivity index (χ0v) is 7.92. The predicted octanol–water partition coefficient (Wildman–Crippen LogP) is 0.639. The Labute approximate surface area is 74.6 Å². The Balaban J connectivity index is 3.42. The molecule has 0 fully saturated rings. The molecule has 0 aliphatic carbocycles.